The Morgan fingerprint density at radius 1 is 1.24 bits per heavy atom. The van der Waals surface area contributed by atoms with E-state index in [-0.39, 0.29) is 11.8 Å². The van der Waals surface area contributed by atoms with E-state index in [9.17, 15) is 9.59 Å². The van der Waals surface area contributed by atoms with Crippen LogP contribution in [0.5, 0.6) is 0 Å². The van der Waals surface area contributed by atoms with Gasteiger partial charge >= 0.3 is 0 Å². The van der Waals surface area contributed by atoms with Crippen LogP contribution in [-0.4, -0.2) is 33.3 Å². The molecule has 3 rings (SSSR count). The molecule has 2 heterocycles. The van der Waals surface area contributed by atoms with E-state index in [1.54, 1.807) is 6.20 Å². The van der Waals surface area contributed by atoms with Crippen LogP contribution in [0.4, 0.5) is 0 Å². The van der Waals surface area contributed by atoms with Gasteiger partial charge in [0.2, 0.25) is 5.91 Å². The molecule has 1 N–H and O–H groups in total. The molecule has 2 amide bonds. The SMILES string of the molecule is CN1C(=O)CCC(n2c(-c3ccccc3)c[nH]c2=S)C1=O. The van der Waals surface area contributed by atoms with Crippen molar-refractivity contribution in [1.82, 2.24) is 14.5 Å². The number of H-pyrrole nitrogens is 1. The van der Waals surface area contributed by atoms with Gasteiger partial charge in [0, 0.05) is 19.7 Å². The van der Waals surface area contributed by atoms with Gasteiger partial charge in [0.1, 0.15) is 6.04 Å². The zero-order chi connectivity index (χ0) is 15.0. The minimum absolute atomic E-state index is 0.139. The predicted octanol–water partition coefficient (Wildman–Crippen LogP) is 2.53. The number of rotatable bonds is 2. The number of piperidine rings is 1. The molecule has 1 aromatic carbocycles. The number of likely N-dealkylation sites (tertiary alicyclic amines) is 1. The molecule has 1 atom stereocenters. The number of carbonyl (C=O) groups excluding carboxylic acids is 2. The lowest BCUT2D eigenvalue weighted by molar-refractivity contribution is -0.149. The molecule has 21 heavy (non-hydrogen) atoms. The number of imidazole rings is 1. The quantitative estimate of drug-likeness (QED) is 0.685. The Balaban J connectivity index is 2.08. The Labute approximate surface area is 127 Å². The number of hydrogen-bond acceptors (Lipinski definition) is 3. The molecule has 0 radical (unpaired) electrons. The molecule has 1 unspecified atom stereocenters. The van der Waals surface area contributed by atoms with E-state index >= 15 is 0 Å². The van der Waals surface area contributed by atoms with Crippen molar-refractivity contribution >= 4 is 24.0 Å². The van der Waals surface area contributed by atoms with E-state index in [2.05, 4.69) is 4.98 Å². The lowest BCUT2D eigenvalue weighted by Gasteiger charge is -2.29. The van der Waals surface area contributed by atoms with Crippen LogP contribution < -0.4 is 0 Å². The summed E-state index contributed by atoms with van der Waals surface area (Å²) in [6, 6.07) is 9.32. The lowest BCUT2D eigenvalue weighted by atomic mass is 10.0. The monoisotopic (exact) mass is 301 g/mol. The van der Waals surface area contributed by atoms with Gasteiger partial charge in [-0.15, -0.1) is 0 Å². The van der Waals surface area contributed by atoms with Gasteiger partial charge in [-0.25, -0.2) is 0 Å². The molecule has 1 aliphatic heterocycles. The second-order valence-electron chi connectivity index (χ2n) is 5.06. The molecule has 1 aliphatic rings. The number of benzene rings is 1. The summed E-state index contributed by atoms with van der Waals surface area (Å²) in [5.74, 6) is -0.348. The molecule has 1 saturated heterocycles. The summed E-state index contributed by atoms with van der Waals surface area (Å²) >= 11 is 5.33. The maximum atomic E-state index is 12.4. The zero-order valence-corrected chi connectivity index (χ0v) is 12.4. The molecule has 0 saturated carbocycles. The second kappa shape index (κ2) is 5.29. The Morgan fingerprint density at radius 2 is 1.95 bits per heavy atom. The van der Waals surface area contributed by atoms with Crippen molar-refractivity contribution in [1.29, 1.82) is 0 Å². The summed E-state index contributed by atoms with van der Waals surface area (Å²) in [4.78, 5) is 28.2. The minimum atomic E-state index is -0.429. The van der Waals surface area contributed by atoms with Gasteiger partial charge in [0.15, 0.2) is 4.77 Å². The minimum Gasteiger partial charge on any atom is -0.337 e. The standard InChI is InChI=1S/C15H15N3O2S/c1-17-13(19)8-7-11(14(17)20)18-12(9-16-15(18)21)10-5-3-2-4-6-10/h2-6,9,11H,7-8H2,1H3,(H,16,21). The van der Waals surface area contributed by atoms with Crippen molar-refractivity contribution in [2.75, 3.05) is 7.05 Å². The normalized spacial score (nSPS) is 19.1. The van der Waals surface area contributed by atoms with E-state index in [1.165, 1.54) is 11.9 Å². The number of hydrogen-bond donors (Lipinski definition) is 1. The first kappa shape index (κ1) is 13.8. The fraction of sp³-hybridized carbons (Fsp3) is 0.267. The van der Waals surface area contributed by atoms with Crippen molar-refractivity contribution in [3.05, 3.63) is 41.3 Å². The highest BCUT2D eigenvalue weighted by Crippen LogP contribution is 2.29. The molecule has 0 spiro atoms. The molecule has 0 aliphatic carbocycles. The number of likely N-dealkylation sites (N-methyl/N-ethyl adjacent to an activating group) is 1. The fourth-order valence-electron chi connectivity index (χ4n) is 2.66. The largest absolute Gasteiger partial charge is 0.337 e. The maximum absolute atomic E-state index is 12.4. The maximum Gasteiger partial charge on any atom is 0.252 e. The molecule has 1 aromatic heterocycles. The highest BCUT2D eigenvalue weighted by molar-refractivity contribution is 7.71. The average Bonchev–Trinajstić information content (AvgIpc) is 2.88. The third-order valence-corrected chi connectivity index (χ3v) is 4.13. The molecule has 108 valence electrons. The average molecular weight is 301 g/mol. The van der Waals surface area contributed by atoms with Crippen molar-refractivity contribution in [2.45, 2.75) is 18.9 Å². The lowest BCUT2D eigenvalue weighted by Crippen LogP contribution is -2.43. The Morgan fingerprint density at radius 3 is 2.67 bits per heavy atom. The third kappa shape index (κ3) is 2.31. The van der Waals surface area contributed by atoms with Crippen LogP contribution in [0.15, 0.2) is 36.5 Å². The van der Waals surface area contributed by atoms with Crippen LogP contribution in [0, 0.1) is 4.77 Å². The van der Waals surface area contributed by atoms with Gasteiger partial charge < -0.3 is 9.55 Å². The van der Waals surface area contributed by atoms with E-state index < -0.39 is 6.04 Å². The Hall–Kier alpha value is -2.21. The van der Waals surface area contributed by atoms with Gasteiger partial charge in [-0.05, 0) is 24.2 Å². The van der Waals surface area contributed by atoms with Gasteiger partial charge in [-0.3, -0.25) is 14.5 Å². The van der Waals surface area contributed by atoms with Crippen LogP contribution in [0.2, 0.25) is 0 Å². The van der Waals surface area contributed by atoms with E-state index in [1.807, 2.05) is 34.9 Å². The van der Waals surface area contributed by atoms with Crippen LogP contribution in [0.25, 0.3) is 11.3 Å². The fourth-order valence-corrected chi connectivity index (χ4v) is 2.94. The summed E-state index contributed by atoms with van der Waals surface area (Å²) in [5.41, 5.74) is 1.85. The van der Waals surface area contributed by atoms with Gasteiger partial charge in [0.25, 0.3) is 5.91 Å². The van der Waals surface area contributed by atoms with Crippen molar-refractivity contribution < 1.29 is 9.59 Å². The molecule has 0 bridgehead atoms. The van der Waals surface area contributed by atoms with Crippen LogP contribution in [0.1, 0.15) is 18.9 Å². The van der Waals surface area contributed by atoms with Crippen LogP contribution in [-0.2, 0) is 9.59 Å². The summed E-state index contributed by atoms with van der Waals surface area (Å²) in [6.45, 7) is 0. The summed E-state index contributed by atoms with van der Waals surface area (Å²) in [5, 5.41) is 0. The van der Waals surface area contributed by atoms with Gasteiger partial charge in [-0.1, -0.05) is 30.3 Å². The zero-order valence-electron chi connectivity index (χ0n) is 11.6. The topological polar surface area (TPSA) is 58.1 Å². The number of amides is 2. The van der Waals surface area contributed by atoms with Gasteiger partial charge in [-0.2, -0.15) is 0 Å². The number of carbonyl (C=O) groups is 2. The summed E-state index contributed by atoms with van der Waals surface area (Å²) in [6.07, 6.45) is 2.64. The van der Waals surface area contributed by atoms with Crippen molar-refractivity contribution in [2.24, 2.45) is 0 Å². The molecular weight excluding hydrogens is 286 g/mol. The first-order valence-electron chi connectivity index (χ1n) is 6.75. The number of nitrogens with zero attached hydrogens (tertiary/aromatic N) is 2. The van der Waals surface area contributed by atoms with Crippen molar-refractivity contribution in [3.63, 3.8) is 0 Å². The number of aromatic nitrogens is 2. The number of nitrogens with one attached hydrogen (secondary N) is 1. The smallest absolute Gasteiger partial charge is 0.252 e. The summed E-state index contributed by atoms with van der Waals surface area (Å²) < 4.78 is 2.31. The second-order valence-corrected chi connectivity index (χ2v) is 5.45. The van der Waals surface area contributed by atoms with E-state index in [0.717, 1.165) is 11.3 Å². The Bertz CT molecular complexity index is 748. The van der Waals surface area contributed by atoms with E-state index in [0.29, 0.717) is 17.6 Å². The van der Waals surface area contributed by atoms with Crippen LogP contribution in [0.3, 0.4) is 0 Å². The van der Waals surface area contributed by atoms with Crippen LogP contribution >= 0.6 is 12.2 Å². The van der Waals surface area contributed by atoms with Gasteiger partial charge in [0.05, 0.1) is 5.69 Å². The first-order valence-corrected chi connectivity index (χ1v) is 7.16. The van der Waals surface area contributed by atoms with Crippen molar-refractivity contribution in [3.8, 4) is 11.3 Å². The number of imide groups is 1. The molecule has 1 fully saturated rings. The highest BCUT2D eigenvalue weighted by atomic mass is 32.1. The first-order chi connectivity index (χ1) is 10.1. The third-order valence-electron chi connectivity index (χ3n) is 3.81. The molecule has 6 heteroatoms. The predicted molar refractivity (Wildman–Crippen MR) is 81.1 cm³/mol. The summed E-state index contributed by atoms with van der Waals surface area (Å²) in [7, 11) is 1.52. The molecule has 2 aromatic rings. The number of aromatic amines is 1. The Kier molecular flexibility index (Phi) is 3.47. The molecule has 5 nitrogen and oxygen atoms in total. The molecular formula is C15H15N3O2S. The highest BCUT2D eigenvalue weighted by Gasteiger charge is 2.34. The van der Waals surface area contributed by atoms with E-state index in [4.69, 9.17) is 12.2 Å².